The second-order valence-corrected chi connectivity index (χ2v) is 6.97. The normalized spacial score (nSPS) is 32.5. The summed E-state index contributed by atoms with van der Waals surface area (Å²) in [7, 11) is 0. The Morgan fingerprint density at radius 1 is 1.12 bits per heavy atom. The van der Waals surface area contributed by atoms with Gasteiger partial charge in [0, 0.05) is 38.1 Å². The van der Waals surface area contributed by atoms with Crippen molar-refractivity contribution < 1.29 is 9.53 Å². The zero-order valence-electron chi connectivity index (χ0n) is 14.6. The van der Waals surface area contributed by atoms with Gasteiger partial charge >= 0.3 is 0 Å². The predicted molar refractivity (Wildman–Crippen MR) is 98.4 cm³/mol. The minimum Gasteiger partial charge on any atom is -0.379 e. The van der Waals surface area contributed by atoms with E-state index in [0.717, 1.165) is 39.4 Å². The molecule has 0 spiro atoms. The van der Waals surface area contributed by atoms with E-state index in [-0.39, 0.29) is 42.4 Å². The van der Waals surface area contributed by atoms with Crippen LogP contribution in [0.1, 0.15) is 18.5 Å². The van der Waals surface area contributed by atoms with Crippen LogP contribution in [0.2, 0.25) is 0 Å². The summed E-state index contributed by atoms with van der Waals surface area (Å²) in [6.07, 6.45) is 0. The van der Waals surface area contributed by atoms with Gasteiger partial charge in [0.1, 0.15) is 6.04 Å². The Labute approximate surface area is 155 Å². The van der Waals surface area contributed by atoms with E-state index in [0.29, 0.717) is 0 Å². The third kappa shape index (κ3) is 3.55. The average molecular weight is 367 g/mol. The van der Waals surface area contributed by atoms with Crippen LogP contribution in [0.4, 0.5) is 0 Å². The number of fused-ring (bicyclic) bond motifs is 1. The van der Waals surface area contributed by atoms with Crippen molar-refractivity contribution in [2.24, 2.45) is 5.92 Å². The number of carbonyl (C=O) groups excluding carboxylic acids is 1. The fraction of sp³-hybridized carbons (Fsp3) is 0.611. The Bertz CT molecular complexity index is 582. The van der Waals surface area contributed by atoms with Crippen molar-refractivity contribution in [2.75, 3.05) is 39.4 Å². The van der Waals surface area contributed by atoms with E-state index >= 15 is 0 Å². The van der Waals surface area contributed by atoms with Gasteiger partial charge in [0.05, 0.1) is 19.3 Å². The van der Waals surface area contributed by atoms with E-state index in [9.17, 15) is 4.79 Å². The first kappa shape index (κ1) is 18.6. The summed E-state index contributed by atoms with van der Waals surface area (Å²) in [5.41, 5.74) is 7.70. The van der Waals surface area contributed by atoms with Crippen LogP contribution >= 0.6 is 12.4 Å². The number of carbonyl (C=O) groups is 1. The summed E-state index contributed by atoms with van der Waals surface area (Å²) < 4.78 is 5.42. The summed E-state index contributed by atoms with van der Waals surface area (Å²) >= 11 is 0. The molecule has 0 aliphatic carbocycles. The van der Waals surface area contributed by atoms with Gasteiger partial charge in [0.15, 0.2) is 0 Å². The van der Waals surface area contributed by atoms with Crippen molar-refractivity contribution in [3.8, 4) is 0 Å². The Hall–Kier alpha value is -1.18. The molecule has 3 aliphatic rings. The van der Waals surface area contributed by atoms with Gasteiger partial charge in [-0.25, -0.2) is 5.43 Å². The molecule has 0 aromatic heterocycles. The highest BCUT2D eigenvalue weighted by Crippen LogP contribution is 2.41. The summed E-state index contributed by atoms with van der Waals surface area (Å²) in [5.74, 6) is 0.489. The second-order valence-electron chi connectivity index (χ2n) is 6.97. The number of morpholine rings is 1. The largest absolute Gasteiger partial charge is 0.379 e. The molecule has 25 heavy (non-hydrogen) atoms. The maximum absolute atomic E-state index is 13.0. The molecule has 4 unspecified atom stereocenters. The molecule has 4 rings (SSSR count). The fourth-order valence-corrected chi connectivity index (χ4v) is 4.28. The lowest BCUT2D eigenvalue weighted by atomic mass is 9.87. The maximum Gasteiger partial charge on any atom is 0.242 e. The Morgan fingerprint density at radius 3 is 2.56 bits per heavy atom. The van der Waals surface area contributed by atoms with Crippen molar-refractivity contribution in [2.45, 2.75) is 25.0 Å². The van der Waals surface area contributed by atoms with Gasteiger partial charge in [-0.2, -0.15) is 0 Å². The summed E-state index contributed by atoms with van der Waals surface area (Å²) in [5, 5.41) is 0. The molecule has 0 bridgehead atoms. The molecule has 2 N–H and O–H groups in total. The Morgan fingerprint density at radius 2 is 1.84 bits per heavy atom. The minimum atomic E-state index is -0.116. The van der Waals surface area contributed by atoms with Gasteiger partial charge in [-0.3, -0.25) is 15.1 Å². The van der Waals surface area contributed by atoms with Gasteiger partial charge < -0.3 is 9.64 Å². The lowest BCUT2D eigenvalue weighted by Crippen LogP contribution is -2.46. The van der Waals surface area contributed by atoms with Crippen LogP contribution in [0.15, 0.2) is 30.3 Å². The molecule has 6 nitrogen and oxygen atoms in total. The zero-order chi connectivity index (χ0) is 16.5. The highest BCUT2D eigenvalue weighted by atomic mass is 35.5. The SMILES string of the molecule is CC1NNC2C(=O)N(CCN3CCOCC3)C(c3ccccc3)C12.Cl. The summed E-state index contributed by atoms with van der Waals surface area (Å²) in [6, 6.07) is 10.8. The molecule has 3 saturated heterocycles. The molecule has 3 fully saturated rings. The number of hydrogen-bond donors (Lipinski definition) is 2. The second kappa shape index (κ2) is 8.01. The minimum absolute atomic E-state index is 0. The molecule has 1 aromatic rings. The molecule has 0 radical (unpaired) electrons. The summed E-state index contributed by atoms with van der Waals surface area (Å²) in [6.45, 7) is 7.36. The van der Waals surface area contributed by atoms with Gasteiger partial charge in [-0.15, -0.1) is 12.4 Å². The molecule has 3 aliphatic heterocycles. The standard InChI is InChI=1S/C18H26N4O2.ClH/c1-13-15-16(20-19-13)18(23)22(8-7-21-9-11-24-12-10-21)17(15)14-5-3-2-4-6-14;/h2-6,13,15-17,19-20H,7-12H2,1H3;1H. The number of nitrogens with zero attached hydrogens (tertiary/aromatic N) is 2. The average Bonchev–Trinajstić information content (AvgIpc) is 3.13. The highest BCUT2D eigenvalue weighted by Gasteiger charge is 2.53. The number of benzene rings is 1. The van der Waals surface area contributed by atoms with Gasteiger partial charge in [0.25, 0.3) is 0 Å². The maximum atomic E-state index is 13.0. The van der Waals surface area contributed by atoms with Gasteiger partial charge in [0.2, 0.25) is 5.91 Å². The first-order chi connectivity index (χ1) is 11.8. The van der Waals surface area contributed by atoms with Crippen LogP contribution in [-0.2, 0) is 9.53 Å². The van der Waals surface area contributed by atoms with Crippen molar-refractivity contribution in [1.82, 2.24) is 20.7 Å². The van der Waals surface area contributed by atoms with Crippen molar-refractivity contribution in [1.29, 1.82) is 0 Å². The molecule has 0 saturated carbocycles. The lowest BCUT2D eigenvalue weighted by molar-refractivity contribution is -0.131. The van der Waals surface area contributed by atoms with Crippen LogP contribution < -0.4 is 10.9 Å². The predicted octanol–water partition coefficient (Wildman–Crippen LogP) is 0.805. The van der Waals surface area contributed by atoms with Crippen molar-refractivity contribution in [3.63, 3.8) is 0 Å². The molecule has 138 valence electrons. The number of likely N-dealkylation sites (tertiary alicyclic amines) is 1. The molecule has 4 atom stereocenters. The Kier molecular flexibility index (Phi) is 5.96. The number of rotatable bonds is 4. The number of hydrogen-bond acceptors (Lipinski definition) is 5. The number of halogens is 1. The third-order valence-electron chi connectivity index (χ3n) is 5.58. The third-order valence-corrected chi connectivity index (χ3v) is 5.58. The highest BCUT2D eigenvalue weighted by molar-refractivity contribution is 5.86. The van der Waals surface area contributed by atoms with E-state index in [1.165, 1.54) is 5.56 Å². The molecule has 7 heteroatoms. The van der Waals surface area contributed by atoms with Crippen LogP contribution in [0.5, 0.6) is 0 Å². The molecular weight excluding hydrogens is 340 g/mol. The van der Waals surface area contributed by atoms with Crippen LogP contribution in [-0.4, -0.2) is 67.2 Å². The van der Waals surface area contributed by atoms with Crippen LogP contribution in [0.3, 0.4) is 0 Å². The van der Waals surface area contributed by atoms with E-state index < -0.39 is 0 Å². The van der Waals surface area contributed by atoms with E-state index in [2.05, 4.69) is 51.8 Å². The van der Waals surface area contributed by atoms with E-state index in [1.54, 1.807) is 0 Å². The number of amides is 1. The summed E-state index contributed by atoms with van der Waals surface area (Å²) in [4.78, 5) is 17.4. The van der Waals surface area contributed by atoms with Gasteiger partial charge in [-0.05, 0) is 12.5 Å². The Balaban J connectivity index is 0.00000182. The van der Waals surface area contributed by atoms with Crippen molar-refractivity contribution >= 4 is 18.3 Å². The zero-order valence-corrected chi connectivity index (χ0v) is 15.4. The first-order valence-corrected chi connectivity index (χ1v) is 8.92. The fourth-order valence-electron chi connectivity index (χ4n) is 4.28. The molecule has 3 heterocycles. The van der Waals surface area contributed by atoms with Crippen LogP contribution in [0.25, 0.3) is 0 Å². The first-order valence-electron chi connectivity index (χ1n) is 8.92. The number of nitrogens with one attached hydrogen (secondary N) is 2. The van der Waals surface area contributed by atoms with Gasteiger partial charge in [-0.1, -0.05) is 30.3 Å². The van der Waals surface area contributed by atoms with Crippen LogP contribution in [0, 0.1) is 5.92 Å². The van der Waals surface area contributed by atoms with E-state index in [4.69, 9.17) is 4.74 Å². The van der Waals surface area contributed by atoms with E-state index in [1.807, 2.05) is 6.07 Å². The van der Waals surface area contributed by atoms with Crippen molar-refractivity contribution in [3.05, 3.63) is 35.9 Å². The lowest BCUT2D eigenvalue weighted by Gasteiger charge is -2.33. The molecule has 1 aromatic carbocycles. The molecular formula is C18H27ClN4O2. The number of ether oxygens (including phenoxy) is 1. The topological polar surface area (TPSA) is 56.8 Å². The smallest absolute Gasteiger partial charge is 0.242 e. The number of hydrazine groups is 1. The molecule has 1 amide bonds. The quantitative estimate of drug-likeness (QED) is 0.825. The monoisotopic (exact) mass is 366 g/mol.